The van der Waals surface area contributed by atoms with Crippen molar-refractivity contribution >= 4 is 17.5 Å². The molecular weight excluding hydrogens is 239 g/mol. The molecule has 1 aliphatic heterocycles. The Morgan fingerprint density at radius 3 is 3.06 bits per heavy atom. The van der Waals surface area contributed by atoms with E-state index in [2.05, 4.69) is 10.6 Å². The molecule has 5 nitrogen and oxygen atoms in total. The summed E-state index contributed by atoms with van der Waals surface area (Å²) in [4.78, 5) is 23.3. The van der Waals surface area contributed by atoms with Crippen molar-refractivity contribution in [3.05, 3.63) is 29.6 Å². The van der Waals surface area contributed by atoms with Gasteiger partial charge in [-0.3, -0.25) is 9.59 Å². The lowest BCUT2D eigenvalue weighted by atomic mass is 9.90. The third-order valence-electron chi connectivity index (χ3n) is 2.78. The number of nitrogens with one attached hydrogen (secondary N) is 2. The van der Waals surface area contributed by atoms with Crippen LogP contribution >= 0.6 is 0 Å². The molecule has 1 atom stereocenters. The number of carbonyl (C=O) groups excluding carboxylic acids is 2. The maximum absolute atomic E-state index is 13.1. The molecule has 1 aromatic carbocycles. The average Bonchev–Trinajstić information content (AvgIpc) is 2.34. The second-order valence-electron chi connectivity index (χ2n) is 4.05. The third kappa shape index (κ3) is 2.48. The SMILES string of the molecule is O=C1CC(C(=O)NCCO)c2ccc(F)cc2N1. The second kappa shape index (κ2) is 5.14. The van der Waals surface area contributed by atoms with Gasteiger partial charge in [0.15, 0.2) is 0 Å². The van der Waals surface area contributed by atoms with Gasteiger partial charge in [-0.05, 0) is 17.7 Å². The molecule has 0 aliphatic carbocycles. The Kier molecular flexibility index (Phi) is 3.57. The highest BCUT2D eigenvalue weighted by Crippen LogP contribution is 2.32. The van der Waals surface area contributed by atoms with E-state index in [4.69, 9.17) is 5.11 Å². The van der Waals surface area contributed by atoms with Crippen LogP contribution in [0.1, 0.15) is 17.9 Å². The van der Waals surface area contributed by atoms with Crippen molar-refractivity contribution in [3.63, 3.8) is 0 Å². The normalized spacial score (nSPS) is 17.9. The van der Waals surface area contributed by atoms with E-state index in [1.807, 2.05) is 0 Å². The predicted octanol–water partition coefficient (Wildman–Crippen LogP) is 0.360. The monoisotopic (exact) mass is 252 g/mol. The number of anilines is 1. The largest absolute Gasteiger partial charge is 0.395 e. The van der Waals surface area contributed by atoms with Crippen molar-refractivity contribution < 1.29 is 19.1 Å². The number of carbonyl (C=O) groups is 2. The maximum Gasteiger partial charge on any atom is 0.228 e. The maximum atomic E-state index is 13.1. The number of hydrogen-bond acceptors (Lipinski definition) is 3. The Balaban J connectivity index is 2.28. The summed E-state index contributed by atoms with van der Waals surface area (Å²) in [6.45, 7) is -0.0333. The molecule has 0 aromatic heterocycles. The Morgan fingerprint density at radius 2 is 2.33 bits per heavy atom. The standard InChI is InChI=1S/C12H13FN2O3/c13-7-1-2-8-9(12(18)14-3-4-16)6-11(17)15-10(8)5-7/h1-2,5,9,16H,3-4,6H2,(H,14,18)(H,15,17). The van der Waals surface area contributed by atoms with Crippen LogP contribution in [0.2, 0.25) is 0 Å². The van der Waals surface area contributed by atoms with Crippen LogP contribution in [0, 0.1) is 5.82 Å². The summed E-state index contributed by atoms with van der Waals surface area (Å²) in [5.74, 6) is -1.77. The molecule has 1 aliphatic rings. The molecule has 6 heteroatoms. The van der Waals surface area contributed by atoms with Gasteiger partial charge in [-0.2, -0.15) is 0 Å². The quantitative estimate of drug-likeness (QED) is 0.726. The number of aliphatic hydroxyl groups excluding tert-OH is 1. The van der Waals surface area contributed by atoms with Crippen molar-refractivity contribution in [3.8, 4) is 0 Å². The summed E-state index contributed by atoms with van der Waals surface area (Å²) in [6, 6.07) is 3.94. The van der Waals surface area contributed by atoms with Gasteiger partial charge < -0.3 is 15.7 Å². The molecule has 0 fully saturated rings. The summed E-state index contributed by atoms with van der Waals surface area (Å²) in [5.41, 5.74) is 0.918. The van der Waals surface area contributed by atoms with Gasteiger partial charge in [0.25, 0.3) is 0 Å². The van der Waals surface area contributed by atoms with Crippen molar-refractivity contribution in [2.24, 2.45) is 0 Å². The number of rotatable bonds is 3. The first-order chi connectivity index (χ1) is 8.61. The van der Waals surface area contributed by atoms with Gasteiger partial charge in [0.2, 0.25) is 11.8 Å². The van der Waals surface area contributed by atoms with Crippen molar-refractivity contribution in [1.82, 2.24) is 5.32 Å². The zero-order chi connectivity index (χ0) is 13.1. The van der Waals surface area contributed by atoms with Gasteiger partial charge in [0, 0.05) is 18.7 Å². The lowest BCUT2D eigenvalue weighted by molar-refractivity contribution is -0.126. The van der Waals surface area contributed by atoms with Crippen molar-refractivity contribution in [2.45, 2.75) is 12.3 Å². The first-order valence-electron chi connectivity index (χ1n) is 5.59. The highest BCUT2D eigenvalue weighted by atomic mass is 19.1. The van der Waals surface area contributed by atoms with Crippen LogP contribution in [0.15, 0.2) is 18.2 Å². The van der Waals surface area contributed by atoms with E-state index in [0.717, 1.165) is 0 Å². The molecule has 96 valence electrons. The highest BCUT2D eigenvalue weighted by Gasteiger charge is 2.30. The molecule has 2 amide bonds. The van der Waals surface area contributed by atoms with E-state index in [9.17, 15) is 14.0 Å². The fourth-order valence-electron chi connectivity index (χ4n) is 1.97. The first-order valence-corrected chi connectivity index (χ1v) is 5.59. The summed E-state index contributed by atoms with van der Waals surface area (Å²) in [5, 5.41) is 13.7. The molecule has 1 heterocycles. The van der Waals surface area contributed by atoms with Crippen LogP contribution in [0.5, 0.6) is 0 Å². The molecule has 0 saturated heterocycles. The number of amides is 2. The molecule has 1 unspecified atom stereocenters. The zero-order valence-corrected chi connectivity index (χ0v) is 9.57. The number of hydrogen-bond donors (Lipinski definition) is 3. The topological polar surface area (TPSA) is 78.4 Å². The summed E-state index contributed by atoms with van der Waals surface area (Å²) >= 11 is 0. The van der Waals surface area contributed by atoms with Crippen LogP contribution in [0.25, 0.3) is 0 Å². The summed E-state index contributed by atoms with van der Waals surface area (Å²) in [6.07, 6.45) is 0.0237. The van der Waals surface area contributed by atoms with Crippen LogP contribution in [0.3, 0.4) is 0 Å². The van der Waals surface area contributed by atoms with E-state index < -0.39 is 11.7 Å². The molecule has 3 N–H and O–H groups in total. The van der Waals surface area contributed by atoms with E-state index in [1.54, 1.807) is 0 Å². The number of aliphatic hydroxyl groups is 1. The van der Waals surface area contributed by atoms with Gasteiger partial charge in [-0.15, -0.1) is 0 Å². The average molecular weight is 252 g/mol. The van der Waals surface area contributed by atoms with Crippen molar-refractivity contribution in [2.75, 3.05) is 18.5 Å². The smallest absolute Gasteiger partial charge is 0.228 e. The van der Waals surface area contributed by atoms with Crippen molar-refractivity contribution in [1.29, 1.82) is 0 Å². The minimum Gasteiger partial charge on any atom is -0.395 e. The third-order valence-corrected chi connectivity index (χ3v) is 2.78. The lowest BCUT2D eigenvalue weighted by Crippen LogP contribution is -2.36. The Hall–Kier alpha value is -1.95. The van der Waals surface area contributed by atoms with Crippen LogP contribution in [-0.2, 0) is 9.59 Å². The van der Waals surface area contributed by atoms with E-state index in [1.165, 1.54) is 18.2 Å². The Labute approximate surface area is 103 Å². The first kappa shape index (κ1) is 12.5. The summed E-state index contributed by atoms with van der Waals surface area (Å²) < 4.78 is 13.1. The van der Waals surface area contributed by atoms with Gasteiger partial charge in [0.1, 0.15) is 5.82 Å². The molecule has 0 spiro atoms. The van der Waals surface area contributed by atoms with Crippen LogP contribution in [0.4, 0.5) is 10.1 Å². The second-order valence-corrected chi connectivity index (χ2v) is 4.05. The predicted molar refractivity (Wildman–Crippen MR) is 62.5 cm³/mol. The molecule has 0 radical (unpaired) electrons. The van der Waals surface area contributed by atoms with Gasteiger partial charge >= 0.3 is 0 Å². The molecular formula is C12H13FN2O3. The highest BCUT2D eigenvalue weighted by molar-refractivity contribution is 6.01. The molecule has 0 bridgehead atoms. The fourth-order valence-corrected chi connectivity index (χ4v) is 1.97. The molecule has 1 aromatic rings. The van der Waals surface area contributed by atoms with E-state index in [-0.39, 0.29) is 31.4 Å². The van der Waals surface area contributed by atoms with Crippen LogP contribution in [-0.4, -0.2) is 30.1 Å². The van der Waals surface area contributed by atoms with Gasteiger partial charge in [0.05, 0.1) is 12.5 Å². The van der Waals surface area contributed by atoms with Gasteiger partial charge in [-0.1, -0.05) is 6.07 Å². The van der Waals surface area contributed by atoms with E-state index in [0.29, 0.717) is 11.3 Å². The molecule has 2 rings (SSSR count). The van der Waals surface area contributed by atoms with Crippen LogP contribution < -0.4 is 10.6 Å². The minimum absolute atomic E-state index is 0.0237. The minimum atomic E-state index is -0.638. The molecule has 0 saturated carbocycles. The van der Waals surface area contributed by atoms with Gasteiger partial charge in [-0.25, -0.2) is 4.39 Å². The number of halogens is 1. The number of fused-ring (bicyclic) bond motifs is 1. The molecule has 18 heavy (non-hydrogen) atoms. The van der Waals surface area contributed by atoms with E-state index >= 15 is 0 Å². The fraction of sp³-hybridized carbons (Fsp3) is 0.333. The summed E-state index contributed by atoms with van der Waals surface area (Å²) in [7, 11) is 0. The lowest BCUT2D eigenvalue weighted by Gasteiger charge is -2.24. The number of benzene rings is 1. The Bertz CT molecular complexity index is 490. The Morgan fingerprint density at radius 1 is 1.56 bits per heavy atom. The zero-order valence-electron chi connectivity index (χ0n) is 9.57.